The summed E-state index contributed by atoms with van der Waals surface area (Å²) in [6, 6.07) is 15.1. The fraction of sp³-hybridized carbons (Fsp3) is 0.391. The van der Waals surface area contributed by atoms with Crippen LogP contribution < -0.4 is 10.6 Å². The van der Waals surface area contributed by atoms with E-state index in [1.165, 1.54) is 5.56 Å². The van der Waals surface area contributed by atoms with E-state index in [1.54, 1.807) is 36.2 Å². The van der Waals surface area contributed by atoms with E-state index < -0.39 is 0 Å². The molecule has 0 saturated heterocycles. The fourth-order valence-electron chi connectivity index (χ4n) is 2.84. The molecule has 150 valence electrons. The van der Waals surface area contributed by atoms with Crippen molar-refractivity contribution >= 4 is 17.6 Å². The van der Waals surface area contributed by atoms with Gasteiger partial charge in [-0.15, -0.1) is 0 Å². The van der Waals surface area contributed by atoms with Gasteiger partial charge in [-0.1, -0.05) is 51.1 Å². The van der Waals surface area contributed by atoms with Crippen molar-refractivity contribution in [3.05, 3.63) is 65.2 Å². The van der Waals surface area contributed by atoms with Gasteiger partial charge in [0.25, 0.3) is 5.91 Å². The molecule has 0 saturated carbocycles. The lowest BCUT2D eigenvalue weighted by atomic mass is 9.87. The maximum Gasteiger partial charge on any atom is 0.319 e. The lowest BCUT2D eigenvalue weighted by Gasteiger charge is -2.21. The summed E-state index contributed by atoms with van der Waals surface area (Å²) in [6.45, 7) is 10.8. The van der Waals surface area contributed by atoms with E-state index in [-0.39, 0.29) is 23.4 Å². The molecule has 0 fully saturated rings. The first-order valence-electron chi connectivity index (χ1n) is 9.58. The molecule has 0 bridgehead atoms. The summed E-state index contributed by atoms with van der Waals surface area (Å²) in [5.74, 6) is -0.0900. The number of carbonyl (C=O) groups is 2. The fourth-order valence-corrected chi connectivity index (χ4v) is 2.84. The van der Waals surface area contributed by atoms with Gasteiger partial charge in [-0.05, 0) is 48.6 Å². The molecule has 5 heteroatoms. The smallest absolute Gasteiger partial charge is 0.319 e. The summed E-state index contributed by atoms with van der Waals surface area (Å²) in [4.78, 5) is 26.3. The zero-order chi connectivity index (χ0) is 20.9. The Labute approximate surface area is 168 Å². The first-order chi connectivity index (χ1) is 13.1. The highest BCUT2D eigenvalue weighted by Crippen LogP contribution is 2.22. The van der Waals surface area contributed by atoms with E-state index in [2.05, 4.69) is 55.7 Å². The van der Waals surface area contributed by atoms with Crippen LogP contribution in [0.1, 0.15) is 56.1 Å². The van der Waals surface area contributed by atoms with Crippen molar-refractivity contribution in [1.82, 2.24) is 10.2 Å². The molecule has 28 heavy (non-hydrogen) atoms. The third kappa shape index (κ3) is 6.12. The predicted molar refractivity (Wildman–Crippen MR) is 115 cm³/mol. The molecule has 0 heterocycles. The van der Waals surface area contributed by atoms with Crippen LogP contribution in [0.3, 0.4) is 0 Å². The Hall–Kier alpha value is -2.82. The van der Waals surface area contributed by atoms with Crippen LogP contribution in [0.25, 0.3) is 0 Å². The molecule has 3 amide bonds. The molecular weight excluding hydrogens is 350 g/mol. The van der Waals surface area contributed by atoms with E-state index in [4.69, 9.17) is 0 Å². The molecule has 2 rings (SSSR count). The summed E-state index contributed by atoms with van der Waals surface area (Å²) in [6.07, 6.45) is 0. The lowest BCUT2D eigenvalue weighted by Crippen LogP contribution is -2.34. The Morgan fingerprint density at radius 1 is 1.04 bits per heavy atom. The average Bonchev–Trinajstić information content (AvgIpc) is 2.60. The number of nitrogens with one attached hydrogen (secondary N) is 2. The molecule has 0 aliphatic carbocycles. The van der Waals surface area contributed by atoms with Gasteiger partial charge in [0.2, 0.25) is 0 Å². The van der Waals surface area contributed by atoms with Gasteiger partial charge >= 0.3 is 6.03 Å². The molecule has 0 spiro atoms. The number of urea groups is 1. The van der Waals surface area contributed by atoms with Crippen LogP contribution in [0.4, 0.5) is 10.5 Å². The molecule has 0 radical (unpaired) electrons. The molecule has 0 atom stereocenters. The van der Waals surface area contributed by atoms with Crippen LogP contribution in [0.2, 0.25) is 0 Å². The highest BCUT2D eigenvalue weighted by molar-refractivity contribution is 5.96. The minimum atomic E-state index is -0.285. The minimum Gasteiger partial charge on any atom is -0.337 e. The average molecular weight is 382 g/mol. The van der Waals surface area contributed by atoms with Crippen molar-refractivity contribution < 1.29 is 9.59 Å². The van der Waals surface area contributed by atoms with E-state index in [1.807, 2.05) is 13.8 Å². The first-order valence-corrected chi connectivity index (χ1v) is 9.58. The molecule has 5 nitrogen and oxygen atoms in total. The largest absolute Gasteiger partial charge is 0.337 e. The van der Waals surface area contributed by atoms with Gasteiger partial charge in [0, 0.05) is 30.9 Å². The van der Waals surface area contributed by atoms with Crippen LogP contribution >= 0.6 is 0 Å². The number of carbonyl (C=O) groups excluding carboxylic acids is 2. The van der Waals surface area contributed by atoms with Gasteiger partial charge in [-0.2, -0.15) is 0 Å². The van der Waals surface area contributed by atoms with Crippen LogP contribution in [-0.2, 0) is 12.0 Å². The number of rotatable bonds is 5. The second kappa shape index (κ2) is 8.91. The standard InChI is InChI=1S/C23H31N3O2/c1-16(2)24-22(28)25-20-9-7-8-18(14-20)21(27)26(6)15-17-10-12-19(13-11-17)23(3,4)5/h7-14,16H,15H2,1-6H3,(H2,24,25,28). The summed E-state index contributed by atoms with van der Waals surface area (Å²) in [5.41, 5.74) is 3.58. The number of anilines is 1. The highest BCUT2D eigenvalue weighted by Gasteiger charge is 2.15. The van der Waals surface area contributed by atoms with Gasteiger partial charge in [0.05, 0.1) is 0 Å². The predicted octanol–water partition coefficient (Wildman–Crippen LogP) is 4.79. The topological polar surface area (TPSA) is 61.4 Å². The van der Waals surface area contributed by atoms with Crippen LogP contribution in [0.15, 0.2) is 48.5 Å². The van der Waals surface area contributed by atoms with Gasteiger partial charge in [-0.25, -0.2) is 4.79 Å². The Balaban J connectivity index is 2.04. The van der Waals surface area contributed by atoms with E-state index in [0.717, 1.165) is 5.56 Å². The van der Waals surface area contributed by atoms with Crippen molar-refractivity contribution in [2.75, 3.05) is 12.4 Å². The first kappa shape index (κ1) is 21.5. The zero-order valence-corrected chi connectivity index (χ0v) is 17.7. The minimum absolute atomic E-state index is 0.0422. The molecule has 0 aliphatic rings. The summed E-state index contributed by atoms with van der Waals surface area (Å²) < 4.78 is 0. The number of hydrogen-bond donors (Lipinski definition) is 2. The molecular formula is C23H31N3O2. The van der Waals surface area contributed by atoms with E-state index >= 15 is 0 Å². The number of amides is 3. The molecule has 0 aliphatic heterocycles. The Kier molecular flexibility index (Phi) is 6.84. The quantitative estimate of drug-likeness (QED) is 0.782. The van der Waals surface area contributed by atoms with Gasteiger partial charge in [-0.3, -0.25) is 4.79 Å². The summed E-state index contributed by atoms with van der Waals surface area (Å²) in [5, 5.41) is 5.52. The lowest BCUT2D eigenvalue weighted by molar-refractivity contribution is 0.0785. The van der Waals surface area contributed by atoms with Crippen molar-refractivity contribution in [2.24, 2.45) is 0 Å². The zero-order valence-electron chi connectivity index (χ0n) is 17.7. The van der Waals surface area contributed by atoms with Crippen LogP contribution in [0.5, 0.6) is 0 Å². The van der Waals surface area contributed by atoms with Crippen molar-refractivity contribution in [3.63, 3.8) is 0 Å². The van der Waals surface area contributed by atoms with E-state index in [9.17, 15) is 9.59 Å². The monoisotopic (exact) mass is 381 g/mol. The third-order valence-electron chi connectivity index (χ3n) is 4.37. The van der Waals surface area contributed by atoms with Gasteiger partial charge in [0.1, 0.15) is 0 Å². The van der Waals surface area contributed by atoms with Gasteiger partial charge in [0.15, 0.2) is 0 Å². The Bertz CT molecular complexity index is 820. The highest BCUT2D eigenvalue weighted by atomic mass is 16.2. The number of nitrogens with zero attached hydrogens (tertiary/aromatic N) is 1. The van der Waals surface area contributed by atoms with Crippen molar-refractivity contribution in [1.29, 1.82) is 0 Å². The van der Waals surface area contributed by atoms with Crippen LogP contribution in [0, 0.1) is 0 Å². The maximum absolute atomic E-state index is 12.8. The molecule has 0 unspecified atom stereocenters. The van der Waals surface area contributed by atoms with E-state index in [0.29, 0.717) is 17.8 Å². The molecule has 2 N–H and O–H groups in total. The van der Waals surface area contributed by atoms with Crippen LogP contribution in [-0.4, -0.2) is 29.9 Å². The summed E-state index contributed by atoms with van der Waals surface area (Å²) in [7, 11) is 1.78. The molecule has 2 aromatic carbocycles. The van der Waals surface area contributed by atoms with Crippen molar-refractivity contribution in [2.45, 2.75) is 52.6 Å². The normalized spacial score (nSPS) is 11.2. The SMILES string of the molecule is CC(C)NC(=O)Nc1cccc(C(=O)N(C)Cc2ccc(C(C)(C)C)cc2)c1. The Morgan fingerprint density at radius 3 is 2.25 bits per heavy atom. The second-order valence-corrected chi connectivity index (χ2v) is 8.44. The third-order valence-corrected chi connectivity index (χ3v) is 4.37. The summed E-state index contributed by atoms with van der Waals surface area (Å²) >= 11 is 0. The van der Waals surface area contributed by atoms with Crippen molar-refractivity contribution in [3.8, 4) is 0 Å². The number of hydrogen-bond acceptors (Lipinski definition) is 2. The number of benzene rings is 2. The second-order valence-electron chi connectivity index (χ2n) is 8.44. The maximum atomic E-state index is 12.8. The Morgan fingerprint density at radius 2 is 1.68 bits per heavy atom. The molecule has 2 aromatic rings. The molecule has 0 aromatic heterocycles. The van der Waals surface area contributed by atoms with Gasteiger partial charge < -0.3 is 15.5 Å².